The highest BCUT2D eigenvalue weighted by Gasteiger charge is 2.52. The summed E-state index contributed by atoms with van der Waals surface area (Å²) >= 11 is 11.7. The van der Waals surface area contributed by atoms with Crippen LogP contribution in [-0.2, 0) is 4.79 Å². The van der Waals surface area contributed by atoms with E-state index in [9.17, 15) is 14.4 Å². The van der Waals surface area contributed by atoms with Gasteiger partial charge in [-0.1, -0.05) is 30.1 Å². The fourth-order valence-electron chi connectivity index (χ4n) is 3.12. The maximum atomic E-state index is 12.7. The van der Waals surface area contributed by atoms with E-state index in [0.717, 1.165) is 17.9 Å². The Morgan fingerprint density at radius 2 is 1.92 bits per heavy atom. The number of benzene rings is 1. The maximum Gasteiger partial charge on any atom is 0.344 e. The Kier molecular flexibility index (Phi) is 4.44. The van der Waals surface area contributed by atoms with Crippen molar-refractivity contribution < 1.29 is 14.4 Å². The number of imide groups is 1. The lowest BCUT2D eigenvalue weighted by Crippen LogP contribution is -2.51. The van der Waals surface area contributed by atoms with Gasteiger partial charge in [-0.05, 0) is 49.8 Å². The zero-order chi connectivity index (χ0) is 17.5. The highest BCUT2D eigenvalue weighted by Crippen LogP contribution is 2.35. The van der Waals surface area contributed by atoms with Crippen LogP contribution in [0.4, 0.5) is 4.79 Å². The minimum atomic E-state index is -0.894. The summed E-state index contributed by atoms with van der Waals surface area (Å²) in [5.41, 5.74) is 1.67. The third kappa shape index (κ3) is 2.96. The molecular formula is C16H17Cl2N3O3. The van der Waals surface area contributed by atoms with Crippen molar-refractivity contribution >= 4 is 41.0 Å². The molecule has 0 aromatic heterocycles. The van der Waals surface area contributed by atoms with Crippen LogP contribution in [0.1, 0.15) is 43.0 Å². The topological polar surface area (TPSA) is 78.5 Å². The van der Waals surface area contributed by atoms with Gasteiger partial charge in [-0.25, -0.2) is 4.79 Å². The van der Waals surface area contributed by atoms with Crippen LogP contribution in [0.3, 0.4) is 0 Å². The molecule has 2 fully saturated rings. The Morgan fingerprint density at radius 3 is 2.54 bits per heavy atom. The summed E-state index contributed by atoms with van der Waals surface area (Å²) in [6, 6.07) is 3.73. The number of carbonyl (C=O) groups excluding carboxylic acids is 3. The lowest BCUT2D eigenvalue weighted by molar-refractivity contribution is -0.134. The monoisotopic (exact) mass is 369 g/mol. The molecule has 1 aliphatic heterocycles. The smallest absolute Gasteiger partial charge is 0.322 e. The van der Waals surface area contributed by atoms with Crippen molar-refractivity contribution in [2.24, 2.45) is 5.92 Å². The molecule has 2 N–H and O–H groups in total. The molecule has 1 heterocycles. The van der Waals surface area contributed by atoms with Gasteiger partial charge in [0.25, 0.3) is 11.8 Å². The average molecular weight is 370 g/mol. The first-order valence-corrected chi connectivity index (χ1v) is 8.51. The highest BCUT2D eigenvalue weighted by molar-refractivity contribution is 6.42. The van der Waals surface area contributed by atoms with Crippen molar-refractivity contribution in [2.45, 2.75) is 38.1 Å². The van der Waals surface area contributed by atoms with Crippen molar-refractivity contribution in [1.82, 2.24) is 15.8 Å². The molecule has 1 spiro atoms. The van der Waals surface area contributed by atoms with Gasteiger partial charge < -0.3 is 5.32 Å². The van der Waals surface area contributed by atoms with Gasteiger partial charge in [0.1, 0.15) is 5.54 Å². The van der Waals surface area contributed by atoms with Crippen molar-refractivity contribution in [3.05, 3.63) is 33.8 Å². The number of carbonyl (C=O) groups is 3. The summed E-state index contributed by atoms with van der Waals surface area (Å²) in [5.74, 6) is -0.480. The summed E-state index contributed by atoms with van der Waals surface area (Å²) in [6.45, 7) is 2.12. The normalized spacial score (nSPS) is 26.6. The van der Waals surface area contributed by atoms with Crippen molar-refractivity contribution in [1.29, 1.82) is 0 Å². The van der Waals surface area contributed by atoms with Gasteiger partial charge in [-0.2, -0.15) is 5.01 Å². The second-order valence-corrected chi connectivity index (χ2v) is 7.22. The SMILES string of the molecule is CC1CCC2(CC1)NC(=O)N(NC(=O)c1ccc(Cl)c(Cl)c1)C2=O. The number of rotatable bonds is 2. The summed E-state index contributed by atoms with van der Waals surface area (Å²) in [4.78, 5) is 37.1. The summed E-state index contributed by atoms with van der Waals surface area (Å²) in [7, 11) is 0. The Hall–Kier alpha value is -1.79. The molecule has 0 bridgehead atoms. The van der Waals surface area contributed by atoms with E-state index in [4.69, 9.17) is 23.2 Å². The molecular weight excluding hydrogens is 353 g/mol. The molecule has 6 nitrogen and oxygen atoms in total. The lowest BCUT2D eigenvalue weighted by atomic mass is 9.77. The molecule has 1 aliphatic carbocycles. The molecule has 24 heavy (non-hydrogen) atoms. The number of urea groups is 1. The van der Waals surface area contributed by atoms with Crippen LogP contribution in [0.25, 0.3) is 0 Å². The van der Waals surface area contributed by atoms with Crippen LogP contribution in [0.5, 0.6) is 0 Å². The lowest BCUT2D eigenvalue weighted by Gasteiger charge is -2.33. The minimum absolute atomic E-state index is 0.211. The molecule has 4 amide bonds. The van der Waals surface area contributed by atoms with Crippen LogP contribution in [0, 0.1) is 5.92 Å². The molecule has 8 heteroatoms. The fourth-order valence-corrected chi connectivity index (χ4v) is 3.42. The Balaban J connectivity index is 1.75. The molecule has 1 aromatic carbocycles. The molecule has 1 saturated heterocycles. The predicted molar refractivity (Wildman–Crippen MR) is 89.7 cm³/mol. The number of nitrogens with zero attached hydrogens (tertiary/aromatic N) is 1. The van der Waals surface area contributed by atoms with E-state index in [0.29, 0.717) is 23.8 Å². The van der Waals surface area contributed by atoms with Gasteiger partial charge in [0.15, 0.2) is 0 Å². The standard InChI is InChI=1S/C16H17Cl2N3O3/c1-9-4-6-16(7-5-9)14(23)21(15(24)19-16)20-13(22)10-2-3-11(17)12(18)8-10/h2-3,8-9H,4-7H2,1H3,(H,19,24)(H,20,22). The molecule has 0 atom stereocenters. The summed E-state index contributed by atoms with van der Waals surface area (Å²) in [5, 5.41) is 4.05. The van der Waals surface area contributed by atoms with Gasteiger partial charge in [0.2, 0.25) is 0 Å². The molecule has 0 radical (unpaired) electrons. The van der Waals surface area contributed by atoms with Crippen molar-refractivity contribution in [3.8, 4) is 0 Å². The van der Waals surface area contributed by atoms with Crippen molar-refractivity contribution in [3.63, 3.8) is 0 Å². The third-order valence-electron chi connectivity index (χ3n) is 4.68. The molecule has 2 aliphatic rings. The van der Waals surface area contributed by atoms with Gasteiger partial charge in [0, 0.05) is 5.56 Å². The Morgan fingerprint density at radius 1 is 1.25 bits per heavy atom. The second kappa shape index (κ2) is 6.26. The van der Waals surface area contributed by atoms with Gasteiger partial charge in [-0.15, -0.1) is 0 Å². The largest absolute Gasteiger partial charge is 0.344 e. The zero-order valence-corrected chi connectivity index (χ0v) is 14.6. The van der Waals surface area contributed by atoms with Crippen LogP contribution in [-0.4, -0.2) is 28.4 Å². The highest BCUT2D eigenvalue weighted by atomic mass is 35.5. The number of hydrazine groups is 1. The quantitative estimate of drug-likeness (QED) is 0.785. The van der Waals surface area contributed by atoms with E-state index in [1.807, 2.05) is 0 Å². The Bertz CT molecular complexity index is 715. The van der Waals surface area contributed by atoms with Gasteiger partial charge in [0.05, 0.1) is 10.0 Å². The van der Waals surface area contributed by atoms with E-state index < -0.39 is 23.4 Å². The first kappa shape index (κ1) is 17.0. The number of halogens is 2. The zero-order valence-electron chi connectivity index (χ0n) is 13.1. The molecule has 128 valence electrons. The maximum absolute atomic E-state index is 12.7. The van der Waals surface area contributed by atoms with Gasteiger partial charge >= 0.3 is 6.03 Å². The number of hydrogen-bond donors (Lipinski definition) is 2. The van der Waals surface area contributed by atoms with Crippen LogP contribution >= 0.6 is 23.2 Å². The molecule has 1 saturated carbocycles. The first-order valence-electron chi connectivity index (χ1n) is 7.75. The van der Waals surface area contributed by atoms with E-state index in [2.05, 4.69) is 17.7 Å². The van der Waals surface area contributed by atoms with Crippen LogP contribution < -0.4 is 10.7 Å². The fraction of sp³-hybridized carbons (Fsp3) is 0.438. The number of amides is 4. The first-order chi connectivity index (χ1) is 11.3. The second-order valence-electron chi connectivity index (χ2n) is 6.41. The summed E-state index contributed by atoms with van der Waals surface area (Å²) < 4.78 is 0. The number of nitrogens with one attached hydrogen (secondary N) is 2. The third-order valence-corrected chi connectivity index (χ3v) is 5.42. The Labute approximate surface area is 149 Å². The predicted octanol–water partition coefficient (Wildman–Crippen LogP) is 3.14. The average Bonchev–Trinajstić information content (AvgIpc) is 2.77. The summed E-state index contributed by atoms with van der Waals surface area (Å²) in [6.07, 6.45) is 2.89. The van der Waals surface area contributed by atoms with Crippen LogP contribution in [0.2, 0.25) is 10.0 Å². The van der Waals surface area contributed by atoms with E-state index in [-0.39, 0.29) is 10.6 Å². The van der Waals surface area contributed by atoms with Gasteiger partial charge in [-0.3, -0.25) is 15.0 Å². The minimum Gasteiger partial charge on any atom is -0.322 e. The number of hydrogen-bond acceptors (Lipinski definition) is 3. The van der Waals surface area contributed by atoms with E-state index in [1.165, 1.54) is 18.2 Å². The van der Waals surface area contributed by atoms with Crippen molar-refractivity contribution in [2.75, 3.05) is 0 Å². The van der Waals surface area contributed by atoms with E-state index in [1.54, 1.807) is 0 Å². The van der Waals surface area contributed by atoms with E-state index >= 15 is 0 Å². The molecule has 0 unspecified atom stereocenters. The molecule has 1 aromatic rings. The molecule has 3 rings (SSSR count). The van der Waals surface area contributed by atoms with Crippen LogP contribution in [0.15, 0.2) is 18.2 Å².